The molecule has 0 radical (unpaired) electrons. The van der Waals surface area contributed by atoms with E-state index in [4.69, 9.17) is 18.9 Å². The van der Waals surface area contributed by atoms with E-state index >= 15 is 0 Å². The lowest BCUT2D eigenvalue weighted by atomic mass is 9.94. The summed E-state index contributed by atoms with van der Waals surface area (Å²) in [6.07, 6.45) is 4.22. The first-order valence-electron chi connectivity index (χ1n) is 7.73. The molecule has 0 saturated carbocycles. The molecule has 0 amide bonds. The molecule has 0 spiro atoms. The van der Waals surface area contributed by atoms with Crippen LogP contribution in [0.2, 0.25) is 0 Å². The summed E-state index contributed by atoms with van der Waals surface area (Å²) in [6, 6.07) is 0. The first-order valence-corrected chi connectivity index (χ1v) is 7.73. The minimum atomic E-state index is -0.522. The molecule has 1 aliphatic rings. The average molecular weight is 314 g/mol. The van der Waals surface area contributed by atoms with Crippen molar-refractivity contribution in [3.05, 3.63) is 12.2 Å². The number of carbonyl (C=O) groups is 2. The first-order chi connectivity index (χ1) is 10.5. The maximum Gasteiger partial charge on any atom is 0.302 e. The van der Waals surface area contributed by atoms with Gasteiger partial charge in [0.1, 0.15) is 18.8 Å². The van der Waals surface area contributed by atoms with Gasteiger partial charge in [0.05, 0.1) is 5.92 Å². The van der Waals surface area contributed by atoms with Gasteiger partial charge in [-0.15, -0.1) is 0 Å². The molecule has 22 heavy (non-hydrogen) atoms. The van der Waals surface area contributed by atoms with E-state index in [1.54, 1.807) is 0 Å². The van der Waals surface area contributed by atoms with Gasteiger partial charge < -0.3 is 18.9 Å². The summed E-state index contributed by atoms with van der Waals surface area (Å²) in [4.78, 5) is 22.2. The number of esters is 2. The smallest absolute Gasteiger partial charge is 0.302 e. The number of rotatable bonds is 8. The zero-order chi connectivity index (χ0) is 16.5. The van der Waals surface area contributed by atoms with Gasteiger partial charge in [-0.1, -0.05) is 25.5 Å². The van der Waals surface area contributed by atoms with E-state index in [9.17, 15) is 9.59 Å². The van der Waals surface area contributed by atoms with Crippen LogP contribution in [-0.2, 0) is 28.5 Å². The number of hydrogen-bond acceptors (Lipinski definition) is 6. The fraction of sp³-hybridized carbons (Fsp3) is 0.750. The molecular formula is C16H26O6. The number of hydrogen-bond donors (Lipinski definition) is 0. The maximum absolute atomic E-state index is 11.3. The highest BCUT2D eigenvalue weighted by Gasteiger charge is 2.35. The fourth-order valence-electron chi connectivity index (χ4n) is 2.39. The second-order valence-electron chi connectivity index (χ2n) is 5.20. The largest absolute Gasteiger partial charge is 0.463 e. The third kappa shape index (κ3) is 6.15. The van der Waals surface area contributed by atoms with Crippen LogP contribution in [0.5, 0.6) is 0 Å². The second-order valence-corrected chi connectivity index (χ2v) is 5.20. The Balaban J connectivity index is 2.78. The summed E-state index contributed by atoms with van der Waals surface area (Å²) < 4.78 is 21.8. The molecule has 0 bridgehead atoms. The second kappa shape index (κ2) is 9.58. The Labute approximate surface area is 131 Å². The molecule has 0 aromatic heterocycles. The predicted molar refractivity (Wildman–Crippen MR) is 80.0 cm³/mol. The molecule has 0 aliphatic carbocycles. The van der Waals surface area contributed by atoms with Gasteiger partial charge in [0.2, 0.25) is 0 Å². The van der Waals surface area contributed by atoms with Crippen LogP contribution >= 0.6 is 0 Å². The Morgan fingerprint density at radius 1 is 1.18 bits per heavy atom. The summed E-state index contributed by atoms with van der Waals surface area (Å²) in [5.41, 5.74) is 0. The van der Waals surface area contributed by atoms with E-state index in [2.05, 4.69) is 0 Å². The summed E-state index contributed by atoms with van der Waals surface area (Å²) in [5, 5.41) is 0. The third-order valence-corrected chi connectivity index (χ3v) is 3.27. The highest BCUT2D eigenvalue weighted by atomic mass is 16.7. The zero-order valence-electron chi connectivity index (χ0n) is 13.7. The normalized spacial score (nSPS) is 25.5. The van der Waals surface area contributed by atoms with E-state index in [0.29, 0.717) is 6.61 Å². The average Bonchev–Trinajstić information content (AvgIpc) is 2.45. The van der Waals surface area contributed by atoms with Gasteiger partial charge in [0, 0.05) is 20.5 Å². The highest BCUT2D eigenvalue weighted by molar-refractivity contribution is 5.66. The van der Waals surface area contributed by atoms with E-state index < -0.39 is 6.29 Å². The van der Waals surface area contributed by atoms with Gasteiger partial charge in [0.15, 0.2) is 6.29 Å². The van der Waals surface area contributed by atoms with Crippen LogP contribution in [-0.4, -0.2) is 43.7 Å². The Morgan fingerprint density at radius 3 is 2.45 bits per heavy atom. The van der Waals surface area contributed by atoms with Crippen molar-refractivity contribution in [2.75, 3.05) is 13.2 Å². The molecule has 1 heterocycles. The van der Waals surface area contributed by atoms with Crippen molar-refractivity contribution in [2.24, 2.45) is 5.92 Å². The van der Waals surface area contributed by atoms with E-state index in [1.165, 1.54) is 13.8 Å². The molecule has 0 N–H and O–H groups in total. The van der Waals surface area contributed by atoms with Crippen LogP contribution in [0.3, 0.4) is 0 Å². The molecule has 0 fully saturated rings. The lowest BCUT2D eigenvalue weighted by Crippen LogP contribution is -2.42. The molecule has 126 valence electrons. The monoisotopic (exact) mass is 314 g/mol. The molecule has 4 atom stereocenters. The molecule has 0 aromatic carbocycles. The van der Waals surface area contributed by atoms with Crippen molar-refractivity contribution >= 4 is 11.9 Å². The van der Waals surface area contributed by atoms with Crippen molar-refractivity contribution in [2.45, 2.75) is 59.0 Å². The quantitative estimate of drug-likeness (QED) is 0.505. The van der Waals surface area contributed by atoms with Gasteiger partial charge in [-0.25, -0.2) is 0 Å². The first kappa shape index (κ1) is 18.6. The molecule has 6 heteroatoms. The van der Waals surface area contributed by atoms with Crippen LogP contribution < -0.4 is 0 Å². The lowest BCUT2D eigenvalue weighted by Gasteiger charge is -2.35. The Bertz CT molecular complexity index is 392. The van der Waals surface area contributed by atoms with Crippen LogP contribution in [0.4, 0.5) is 0 Å². The molecule has 0 unspecified atom stereocenters. The Kier molecular flexibility index (Phi) is 8.12. The van der Waals surface area contributed by atoms with Gasteiger partial charge in [-0.3, -0.25) is 9.59 Å². The maximum atomic E-state index is 11.3. The van der Waals surface area contributed by atoms with Crippen molar-refractivity contribution in [3.63, 3.8) is 0 Å². The van der Waals surface area contributed by atoms with Gasteiger partial charge in [0.25, 0.3) is 0 Å². The molecular weight excluding hydrogens is 288 g/mol. The summed E-state index contributed by atoms with van der Waals surface area (Å²) >= 11 is 0. The van der Waals surface area contributed by atoms with E-state index in [0.717, 1.165) is 12.8 Å². The summed E-state index contributed by atoms with van der Waals surface area (Å²) in [5.74, 6) is -0.836. The van der Waals surface area contributed by atoms with Gasteiger partial charge in [-0.2, -0.15) is 0 Å². The SMILES string of the molecule is CCC[C@H](OC(C)=O)[C@@H]1C=C[C@H](COC(C)=O)O[C@H]1OCC. The Morgan fingerprint density at radius 2 is 1.91 bits per heavy atom. The molecule has 0 aromatic rings. The standard InChI is InChI=1S/C16H26O6/c1-5-7-15(21-12(4)18)14-9-8-13(10-20-11(3)17)22-16(14)19-6-2/h8-9,13-16H,5-7,10H2,1-4H3/t13-,14+,15+,16-/m1/s1. The lowest BCUT2D eigenvalue weighted by molar-refractivity contribution is -0.212. The fourth-order valence-corrected chi connectivity index (χ4v) is 2.39. The predicted octanol–water partition coefficient (Wildman–Crippen LogP) is 2.22. The zero-order valence-corrected chi connectivity index (χ0v) is 13.7. The minimum absolute atomic E-state index is 0.147. The van der Waals surface area contributed by atoms with Crippen molar-refractivity contribution in [1.29, 1.82) is 0 Å². The van der Waals surface area contributed by atoms with E-state index in [-0.39, 0.29) is 36.7 Å². The van der Waals surface area contributed by atoms with Gasteiger partial charge in [-0.05, 0) is 13.3 Å². The molecule has 0 saturated heterocycles. The minimum Gasteiger partial charge on any atom is -0.463 e. The topological polar surface area (TPSA) is 71.1 Å². The van der Waals surface area contributed by atoms with Crippen molar-refractivity contribution in [1.82, 2.24) is 0 Å². The molecule has 1 aliphatic heterocycles. The highest BCUT2D eigenvalue weighted by Crippen LogP contribution is 2.27. The molecule has 1 rings (SSSR count). The molecule has 6 nitrogen and oxygen atoms in total. The van der Waals surface area contributed by atoms with Crippen LogP contribution in [0, 0.1) is 5.92 Å². The third-order valence-electron chi connectivity index (χ3n) is 3.27. The number of ether oxygens (including phenoxy) is 4. The van der Waals surface area contributed by atoms with Crippen LogP contribution in [0.15, 0.2) is 12.2 Å². The van der Waals surface area contributed by atoms with E-state index in [1.807, 2.05) is 26.0 Å². The van der Waals surface area contributed by atoms with Crippen molar-refractivity contribution < 1.29 is 28.5 Å². The Hall–Kier alpha value is -1.40. The van der Waals surface area contributed by atoms with Crippen LogP contribution in [0.25, 0.3) is 0 Å². The van der Waals surface area contributed by atoms with Crippen LogP contribution in [0.1, 0.15) is 40.5 Å². The summed E-state index contributed by atoms with van der Waals surface area (Å²) in [6.45, 7) is 7.29. The van der Waals surface area contributed by atoms with Crippen molar-refractivity contribution in [3.8, 4) is 0 Å². The van der Waals surface area contributed by atoms with Gasteiger partial charge >= 0.3 is 11.9 Å². The number of carbonyl (C=O) groups excluding carboxylic acids is 2. The summed E-state index contributed by atoms with van der Waals surface area (Å²) in [7, 11) is 0.